The number of carbonyl (C=O) groups is 4. The molecule has 7 aliphatic rings. The quantitative estimate of drug-likeness (QED) is 0.531. The van der Waals surface area contributed by atoms with Crippen LogP contribution in [0.1, 0.15) is 12.8 Å². The molecule has 7 rings (SSSR count). The number of hydrogen-bond donors (Lipinski definition) is 0. The lowest BCUT2D eigenvalue weighted by Crippen LogP contribution is -2.62. The van der Waals surface area contributed by atoms with Gasteiger partial charge in [-0.1, -0.05) is 0 Å². The molecular formula is C16H20N8O4. The number of nitrogens with zero attached hydrogens (tertiary/aromatic N) is 8. The van der Waals surface area contributed by atoms with Gasteiger partial charge in [0.05, 0.1) is 0 Å². The van der Waals surface area contributed by atoms with Crippen LogP contribution in [0.25, 0.3) is 0 Å². The molecule has 0 bridgehead atoms. The molecule has 0 aromatic rings. The Morgan fingerprint density at radius 3 is 0.964 bits per heavy atom. The molecule has 7 heterocycles. The van der Waals surface area contributed by atoms with E-state index in [0.29, 0.717) is 26.2 Å². The fraction of sp³-hybridized carbons (Fsp3) is 0.750. The Kier molecular flexibility index (Phi) is 2.45. The van der Waals surface area contributed by atoms with Gasteiger partial charge in [-0.15, -0.1) is 0 Å². The van der Waals surface area contributed by atoms with E-state index in [2.05, 4.69) is 0 Å². The molecule has 148 valence electrons. The molecule has 12 nitrogen and oxygen atoms in total. The molecule has 0 saturated carbocycles. The zero-order chi connectivity index (χ0) is 18.9. The lowest BCUT2D eigenvalue weighted by Gasteiger charge is -2.41. The van der Waals surface area contributed by atoms with Crippen molar-refractivity contribution in [3.63, 3.8) is 0 Å². The second-order valence-corrected chi connectivity index (χ2v) is 8.43. The summed E-state index contributed by atoms with van der Waals surface area (Å²) in [4.78, 5) is 66.0. The maximum Gasteiger partial charge on any atom is 0.325 e. The fourth-order valence-corrected chi connectivity index (χ4v) is 6.17. The van der Waals surface area contributed by atoms with Crippen LogP contribution in [0, 0.1) is 0 Å². The van der Waals surface area contributed by atoms with Crippen LogP contribution in [0.5, 0.6) is 0 Å². The first-order chi connectivity index (χ1) is 13.6. The van der Waals surface area contributed by atoms with Gasteiger partial charge in [0.15, 0.2) is 12.3 Å². The lowest BCUT2D eigenvalue weighted by molar-refractivity contribution is -0.00322. The minimum atomic E-state index is -0.466. The molecule has 0 aromatic carbocycles. The molecule has 0 aromatic heterocycles. The molecule has 7 saturated heterocycles. The fourth-order valence-electron chi connectivity index (χ4n) is 6.17. The van der Waals surface area contributed by atoms with E-state index in [1.54, 1.807) is 39.2 Å². The minimum absolute atomic E-state index is 0.0994. The van der Waals surface area contributed by atoms with Crippen molar-refractivity contribution in [2.24, 2.45) is 0 Å². The highest BCUT2D eigenvalue weighted by atomic mass is 16.2. The van der Waals surface area contributed by atoms with Crippen molar-refractivity contribution in [1.82, 2.24) is 39.2 Å². The van der Waals surface area contributed by atoms with Gasteiger partial charge in [-0.25, -0.2) is 19.2 Å². The van der Waals surface area contributed by atoms with Crippen LogP contribution < -0.4 is 0 Å². The Bertz CT molecular complexity index is 723. The molecular weight excluding hydrogens is 368 g/mol. The second-order valence-electron chi connectivity index (χ2n) is 8.43. The van der Waals surface area contributed by atoms with E-state index >= 15 is 0 Å². The Balaban J connectivity index is 1.37. The summed E-state index contributed by atoms with van der Waals surface area (Å²) in [6.45, 7) is 2.63. The zero-order valence-electron chi connectivity index (χ0n) is 15.2. The van der Waals surface area contributed by atoms with E-state index in [0.717, 1.165) is 12.8 Å². The van der Waals surface area contributed by atoms with E-state index < -0.39 is 12.3 Å². The van der Waals surface area contributed by atoms with Crippen molar-refractivity contribution in [2.75, 3.05) is 39.5 Å². The van der Waals surface area contributed by atoms with Crippen molar-refractivity contribution in [3.8, 4) is 0 Å². The number of carbonyl (C=O) groups excluding carboxylic acids is 4. The number of rotatable bonds is 0. The van der Waals surface area contributed by atoms with Crippen LogP contribution in [0.3, 0.4) is 0 Å². The Labute approximate surface area is 160 Å². The topological polar surface area (TPSA) is 94.2 Å². The van der Waals surface area contributed by atoms with E-state index in [1.165, 1.54) is 0 Å². The molecule has 0 atom stereocenters. The average Bonchev–Trinajstić information content (AvgIpc) is 3.32. The van der Waals surface area contributed by atoms with Gasteiger partial charge >= 0.3 is 24.1 Å². The molecule has 0 unspecified atom stereocenters. The third-order valence-electron chi connectivity index (χ3n) is 7.26. The average molecular weight is 388 g/mol. The Hall–Kier alpha value is -2.92. The van der Waals surface area contributed by atoms with E-state index in [9.17, 15) is 19.2 Å². The largest absolute Gasteiger partial charge is 0.325 e. The van der Waals surface area contributed by atoms with Crippen LogP contribution in [0.4, 0.5) is 19.2 Å². The van der Waals surface area contributed by atoms with Gasteiger partial charge in [-0.2, -0.15) is 0 Å². The maximum absolute atomic E-state index is 13.1. The van der Waals surface area contributed by atoms with Gasteiger partial charge in [0.25, 0.3) is 0 Å². The zero-order valence-corrected chi connectivity index (χ0v) is 15.2. The smallest absolute Gasteiger partial charge is 0.300 e. The van der Waals surface area contributed by atoms with E-state index in [4.69, 9.17) is 0 Å². The van der Waals surface area contributed by atoms with Crippen molar-refractivity contribution >= 4 is 24.1 Å². The molecule has 0 radical (unpaired) electrons. The lowest BCUT2D eigenvalue weighted by atomic mass is 10.2. The molecule has 7 fully saturated rings. The van der Waals surface area contributed by atoms with Crippen LogP contribution in [0.2, 0.25) is 0 Å². The van der Waals surface area contributed by atoms with Crippen LogP contribution in [-0.2, 0) is 0 Å². The molecule has 0 aliphatic carbocycles. The van der Waals surface area contributed by atoms with E-state index in [-0.39, 0.29) is 49.8 Å². The highest BCUT2D eigenvalue weighted by Gasteiger charge is 2.67. The first kappa shape index (κ1) is 15.1. The van der Waals surface area contributed by atoms with Crippen molar-refractivity contribution < 1.29 is 19.2 Å². The maximum atomic E-state index is 13.1. The monoisotopic (exact) mass is 388 g/mol. The van der Waals surface area contributed by atoms with Crippen molar-refractivity contribution in [2.45, 2.75) is 37.5 Å². The molecule has 0 N–H and O–H groups in total. The summed E-state index contributed by atoms with van der Waals surface area (Å²) in [6, 6.07) is -0.539. The normalized spacial score (nSPS) is 38.0. The number of amides is 8. The summed E-state index contributed by atoms with van der Waals surface area (Å²) in [7, 11) is 0. The molecule has 12 heteroatoms. The molecule has 8 amide bonds. The summed E-state index contributed by atoms with van der Waals surface area (Å²) in [5.41, 5.74) is 0. The summed E-state index contributed by atoms with van der Waals surface area (Å²) >= 11 is 0. The standard InChI is InChI=1S/C16H20N8O4/c25-13-17-3-1-4-18-9(17)11-21(13)7-23-12-10-19(15(23)27)5-2-6-20(10)16(28)24(12)8-22(11)14(18)26/h9-12H,1-8H2. The highest BCUT2D eigenvalue weighted by Crippen LogP contribution is 2.43. The van der Waals surface area contributed by atoms with Gasteiger partial charge in [-0.3, -0.25) is 39.2 Å². The number of urea groups is 4. The van der Waals surface area contributed by atoms with Crippen LogP contribution in [0.15, 0.2) is 0 Å². The summed E-state index contributed by atoms with van der Waals surface area (Å²) in [5, 5.41) is 0. The molecule has 28 heavy (non-hydrogen) atoms. The number of hydrogen-bond acceptors (Lipinski definition) is 4. The van der Waals surface area contributed by atoms with Gasteiger partial charge in [0.2, 0.25) is 0 Å². The van der Waals surface area contributed by atoms with Gasteiger partial charge < -0.3 is 0 Å². The Morgan fingerprint density at radius 1 is 0.429 bits per heavy atom. The minimum Gasteiger partial charge on any atom is -0.300 e. The second kappa shape index (κ2) is 4.55. The first-order valence-corrected chi connectivity index (χ1v) is 9.87. The third-order valence-corrected chi connectivity index (χ3v) is 7.26. The summed E-state index contributed by atoms with van der Waals surface area (Å²) < 4.78 is 0. The summed E-state index contributed by atoms with van der Waals surface area (Å²) in [6.07, 6.45) is -0.134. The van der Waals surface area contributed by atoms with Crippen LogP contribution >= 0.6 is 0 Å². The van der Waals surface area contributed by atoms with Crippen molar-refractivity contribution in [3.05, 3.63) is 0 Å². The van der Waals surface area contributed by atoms with Gasteiger partial charge in [0.1, 0.15) is 25.7 Å². The van der Waals surface area contributed by atoms with Crippen LogP contribution in [-0.4, -0.2) is 128 Å². The highest BCUT2D eigenvalue weighted by molar-refractivity contribution is 5.89. The molecule has 0 spiro atoms. The van der Waals surface area contributed by atoms with Gasteiger partial charge in [-0.05, 0) is 12.8 Å². The Morgan fingerprint density at radius 2 is 0.679 bits per heavy atom. The first-order valence-electron chi connectivity index (χ1n) is 9.87. The summed E-state index contributed by atoms with van der Waals surface area (Å²) in [5.74, 6) is 0. The van der Waals surface area contributed by atoms with E-state index in [1.807, 2.05) is 0 Å². The molecule has 7 aliphatic heterocycles. The van der Waals surface area contributed by atoms with Crippen molar-refractivity contribution in [1.29, 1.82) is 0 Å². The van der Waals surface area contributed by atoms with Gasteiger partial charge in [0, 0.05) is 26.2 Å². The predicted molar refractivity (Wildman–Crippen MR) is 89.9 cm³/mol. The predicted octanol–water partition coefficient (Wildman–Crippen LogP) is -1.02. The SMILES string of the molecule is O=C1N2CCCN3C(=O)N4CN5C(=O)N6CCCN7C(=O)N(CN1C4C23)C5C76. The third kappa shape index (κ3) is 1.42.